The van der Waals surface area contributed by atoms with Gasteiger partial charge in [0.15, 0.2) is 0 Å². The molecule has 0 aliphatic rings. The summed E-state index contributed by atoms with van der Waals surface area (Å²) in [6.07, 6.45) is 6.94. The third kappa shape index (κ3) is 14.2. The summed E-state index contributed by atoms with van der Waals surface area (Å²) in [4.78, 5) is 82.7. The Balaban J connectivity index is 1.74. The molecule has 0 saturated carbocycles. The number of carboxylic acid groups (broad SMARTS) is 4. The zero-order valence-corrected chi connectivity index (χ0v) is 28.5. The molecule has 0 radical (unpaired) electrons. The minimum Gasteiger partial charge on any atom is -0.494 e. The number of nitrogens with zero attached hydrogens (tertiary/aromatic N) is 7. The number of nitrogens with one attached hydrogen (secondary N) is 1. The van der Waals surface area contributed by atoms with Gasteiger partial charge in [-0.15, -0.1) is 0 Å². The third-order valence-electron chi connectivity index (χ3n) is 7.15. The Labute approximate surface area is 298 Å². The first-order valence-corrected chi connectivity index (χ1v) is 16.6. The molecule has 6 N–H and O–H groups in total. The van der Waals surface area contributed by atoms with Crippen LogP contribution in [0, 0.1) is 0 Å². The van der Waals surface area contributed by atoms with E-state index in [1.54, 1.807) is 24.3 Å². The van der Waals surface area contributed by atoms with E-state index in [-0.39, 0.29) is 13.1 Å². The summed E-state index contributed by atoms with van der Waals surface area (Å²) < 4.78 is 30.9. The maximum atomic E-state index is 12.9. The lowest BCUT2D eigenvalue weighted by Gasteiger charge is -2.24. The van der Waals surface area contributed by atoms with Crippen molar-refractivity contribution in [1.82, 2.24) is 33.8 Å². The number of imidazole rings is 2. The fourth-order valence-electron chi connectivity index (χ4n) is 4.84. The lowest BCUT2D eigenvalue weighted by molar-refractivity contribution is -0.150. The fourth-order valence-corrected chi connectivity index (χ4v) is 5.18. The molecule has 282 valence electrons. The van der Waals surface area contributed by atoms with Gasteiger partial charge in [-0.2, -0.15) is 0 Å². The van der Waals surface area contributed by atoms with E-state index in [4.69, 9.17) is 29.7 Å². The average Bonchev–Trinajstić information content (AvgIpc) is 3.68. The molecule has 0 fully saturated rings. The molecule has 2 amide bonds. The SMILES string of the molecule is O=C(O)CN(CC(=O)O)C(=O)Cn1ccnc1CN(CCCCOc1ccc(NS(=O)O)cc1)Cc1nccn1CC(=O)N(CC(=O)O)CC(=O)O. The van der Waals surface area contributed by atoms with Crippen LogP contribution in [0.15, 0.2) is 49.1 Å². The van der Waals surface area contributed by atoms with Crippen molar-refractivity contribution >= 4 is 52.6 Å². The summed E-state index contributed by atoms with van der Waals surface area (Å²) in [5.41, 5.74) is 0.428. The van der Waals surface area contributed by atoms with Crippen LogP contribution in [0.3, 0.4) is 0 Å². The molecule has 0 aliphatic heterocycles. The molecule has 3 aromatic rings. The normalized spacial score (nSPS) is 11.5. The molecule has 0 spiro atoms. The van der Waals surface area contributed by atoms with Crippen molar-refractivity contribution < 1.29 is 62.7 Å². The zero-order chi connectivity index (χ0) is 38.2. The second-order valence-corrected chi connectivity index (χ2v) is 11.9. The number of aliphatic carboxylic acids is 4. The Morgan fingerprint density at radius 1 is 0.712 bits per heavy atom. The standard InChI is InChI=1S/C30H38N8O13S/c39-25(37(17-27(41)42)18-28(43)44)15-35-10-7-31-23(35)13-34(9-1-2-12-51-22-5-3-21(4-6-22)33-52(49)50)14-24-32-8-11-36(24)16-26(40)38(19-29(45)46)20-30(47)48/h3-8,10-11,33H,1-2,9,12-20H2,(H,41,42)(H,43,44)(H,45,46)(H,47,48)(H,49,50). The summed E-state index contributed by atoms with van der Waals surface area (Å²) >= 11 is -2.21. The van der Waals surface area contributed by atoms with Crippen molar-refractivity contribution in [2.24, 2.45) is 0 Å². The van der Waals surface area contributed by atoms with E-state index in [1.807, 2.05) is 4.90 Å². The molecule has 1 unspecified atom stereocenters. The number of ether oxygens (including phenoxy) is 1. The minimum absolute atomic E-state index is 0.116. The van der Waals surface area contributed by atoms with Gasteiger partial charge in [0, 0.05) is 30.5 Å². The highest BCUT2D eigenvalue weighted by Crippen LogP contribution is 2.17. The third-order valence-corrected chi connectivity index (χ3v) is 7.56. The Morgan fingerprint density at radius 3 is 1.56 bits per heavy atom. The molecule has 2 heterocycles. The molecule has 21 nitrogen and oxygen atoms in total. The molecule has 0 saturated heterocycles. The number of carbonyl (C=O) groups excluding carboxylic acids is 2. The maximum absolute atomic E-state index is 12.9. The Morgan fingerprint density at radius 2 is 1.15 bits per heavy atom. The maximum Gasteiger partial charge on any atom is 0.323 e. The lowest BCUT2D eigenvalue weighted by Crippen LogP contribution is -2.41. The highest BCUT2D eigenvalue weighted by atomic mass is 32.2. The van der Waals surface area contributed by atoms with Crippen molar-refractivity contribution in [1.29, 1.82) is 0 Å². The topological polar surface area (TPSA) is 287 Å². The number of amides is 2. The number of hydrogen-bond acceptors (Lipinski definition) is 11. The quantitative estimate of drug-likeness (QED) is 0.0496. The van der Waals surface area contributed by atoms with E-state index in [0.717, 1.165) is 0 Å². The van der Waals surface area contributed by atoms with Gasteiger partial charge >= 0.3 is 23.9 Å². The van der Waals surface area contributed by atoms with Crippen LogP contribution in [0.25, 0.3) is 0 Å². The lowest BCUT2D eigenvalue weighted by atomic mass is 10.2. The second kappa shape index (κ2) is 20.1. The van der Waals surface area contributed by atoms with E-state index in [1.165, 1.54) is 33.9 Å². The van der Waals surface area contributed by atoms with Gasteiger partial charge in [0.05, 0.1) is 19.7 Å². The van der Waals surface area contributed by atoms with Gasteiger partial charge in [-0.1, -0.05) is 0 Å². The summed E-state index contributed by atoms with van der Waals surface area (Å²) in [7, 11) is 0. The van der Waals surface area contributed by atoms with Crippen molar-refractivity contribution in [2.75, 3.05) is 44.1 Å². The number of hydrogen-bond donors (Lipinski definition) is 6. The smallest absolute Gasteiger partial charge is 0.323 e. The number of anilines is 1. The Bertz CT molecular complexity index is 1610. The molecule has 52 heavy (non-hydrogen) atoms. The highest BCUT2D eigenvalue weighted by Gasteiger charge is 2.23. The zero-order valence-electron chi connectivity index (χ0n) is 27.6. The fraction of sp³-hybridized carbons (Fsp3) is 0.400. The van der Waals surface area contributed by atoms with Crippen LogP contribution in [0.2, 0.25) is 0 Å². The Hall–Kier alpha value is -5.87. The van der Waals surface area contributed by atoms with Crippen LogP contribution in [0.1, 0.15) is 24.5 Å². The van der Waals surface area contributed by atoms with Crippen LogP contribution in [0.5, 0.6) is 5.75 Å². The first-order valence-electron chi connectivity index (χ1n) is 15.5. The van der Waals surface area contributed by atoms with E-state index < -0.39 is 86.2 Å². The molecule has 0 bridgehead atoms. The van der Waals surface area contributed by atoms with Gasteiger partial charge < -0.3 is 44.1 Å². The van der Waals surface area contributed by atoms with Crippen LogP contribution < -0.4 is 9.46 Å². The average molecular weight is 751 g/mol. The van der Waals surface area contributed by atoms with Crippen LogP contribution >= 0.6 is 0 Å². The van der Waals surface area contributed by atoms with E-state index in [0.29, 0.717) is 58.9 Å². The number of carbonyl (C=O) groups is 6. The number of aromatic nitrogens is 4. The van der Waals surface area contributed by atoms with Gasteiger partial charge in [-0.25, -0.2) is 14.2 Å². The molecule has 22 heteroatoms. The summed E-state index contributed by atoms with van der Waals surface area (Å²) in [6, 6.07) is 6.42. The molecule has 3 rings (SSSR count). The highest BCUT2D eigenvalue weighted by molar-refractivity contribution is 7.80. The first kappa shape index (κ1) is 40.6. The summed E-state index contributed by atoms with van der Waals surface area (Å²) in [5.74, 6) is -5.78. The van der Waals surface area contributed by atoms with Gasteiger partial charge in [-0.3, -0.25) is 42.9 Å². The summed E-state index contributed by atoms with van der Waals surface area (Å²) in [5, 5.41) is 36.6. The van der Waals surface area contributed by atoms with E-state index >= 15 is 0 Å². The molecule has 2 aromatic heterocycles. The molecule has 1 atom stereocenters. The Kier molecular flexibility index (Phi) is 15.7. The van der Waals surface area contributed by atoms with E-state index in [9.17, 15) is 33.0 Å². The van der Waals surface area contributed by atoms with Crippen LogP contribution in [-0.4, -0.2) is 138 Å². The monoisotopic (exact) mass is 750 g/mol. The van der Waals surface area contributed by atoms with E-state index in [2.05, 4.69) is 14.7 Å². The minimum atomic E-state index is -2.21. The second-order valence-electron chi connectivity index (χ2n) is 11.2. The predicted octanol–water partition coefficient (Wildman–Crippen LogP) is -0.515. The van der Waals surface area contributed by atoms with Gasteiger partial charge in [0.1, 0.15) is 56.7 Å². The first-order chi connectivity index (χ1) is 24.7. The van der Waals surface area contributed by atoms with Crippen LogP contribution in [-0.2, 0) is 66.2 Å². The van der Waals surface area contributed by atoms with Gasteiger partial charge in [-0.05, 0) is 43.7 Å². The van der Waals surface area contributed by atoms with Crippen LogP contribution in [0.4, 0.5) is 5.69 Å². The van der Waals surface area contributed by atoms with Gasteiger partial charge in [0.2, 0.25) is 11.8 Å². The summed E-state index contributed by atoms with van der Waals surface area (Å²) in [6.45, 7) is -3.10. The largest absolute Gasteiger partial charge is 0.494 e. The van der Waals surface area contributed by atoms with Crippen molar-refractivity contribution in [3.8, 4) is 5.75 Å². The van der Waals surface area contributed by atoms with Crippen molar-refractivity contribution in [2.45, 2.75) is 39.0 Å². The number of carboxylic acids is 4. The number of benzene rings is 1. The molecule has 1 aromatic carbocycles. The molecular weight excluding hydrogens is 712 g/mol. The van der Waals surface area contributed by atoms with Gasteiger partial charge in [0.25, 0.3) is 11.3 Å². The van der Waals surface area contributed by atoms with Crippen molar-refractivity contribution in [3.05, 3.63) is 60.7 Å². The molecule has 0 aliphatic carbocycles. The predicted molar refractivity (Wildman–Crippen MR) is 178 cm³/mol. The number of unbranched alkanes of at least 4 members (excludes halogenated alkanes) is 1. The number of rotatable bonds is 24. The van der Waals surface area contributed by atoms with Crippen molar-refractivity contribution in [3.63, 3.8) is 0 Å². The molecular formula is C30H38N8O13S.